The first-order valence-corrected chi connectivity index (χ1v) is 14.5. The van der Waals surface area contributed by atoms with Gasteiger partial charge in [0.15, 0.2) is 6.29 Å². The maximum atomic E-state index is 11.8. The number of unbranched alkanes of at least 4 members (excludes halogenated alkanes) is 1. The van der Waals surface area contributed by atoms with Gasteiger partial charge in [-0.2, -0.15) is 0 Å². The van der Waals surface area contributed by atoms with Gasteiger partial charge in [0.05, 0.1) is 45.6 Å². The second kappa shape index (κ2) is 23.6. The summed E-state index contributed by atoms with van der Waals surface area (Å²) in [5.74, 6) is -2.19. The van der Waals surface area contributed by atoms with E-state index >= 15 is 0 Å². The van der Waals surface area contributed by atoms with E-state index in [4.69, 9.17) is 28.8 Å². The van der Waals surface area contributed by atoms with Crippen LogP contribution < -0.4 is 21.0 Å². The molecule has 1 saturated heterocycles. The summed E-state index contributed by atoms with van der Waals surface area (Å²) in [5, 5.41) is 29.2. The topological polar surface area (TPSA) is 206 Å². The standard InChI is InChI=1S/C25H47N4O11P/c1-18(24(33)34)5-6-20(30)27-8-10-36-12-15-39-17-22(32)28-9-11-37-13-14-38-16-21(31)26-7-3-2-4-19(29-41)23-25(35)40-23/h18-19,23,25,29,35H,2-17,41H2,1H3,(H,26,31)(H,27,30)(H,28,32)(H,33,34)/t18-,19-,23?,25?/m0/s1. The number of aliphatic hydroxyl groups excluding tert-OH is 1. The van der Waals surface area contributed by atoms with E-state index in [9.17, 15) is 24.3 Å². The third-order valence-electron chi connectivity index (χ3n) is 5.95. The van der Waals surface area contributed by atoms with Crippen molar-refractivity contribution in [3.8, 4) is 0 Å². The smallest absolute Gasteiger partial charge is 0.306 e. The first-order chi connectivity index (χ1) is 19.7. The molecule has 15 nitrogen and oxygen atoms in total. The van der Waals surface area contributed by atoms with Crippen LogP contribution in [0.3, 0.4) is 0 Å². The number of epoxide rings is 1. The normalized spacial score (nSPS) is 17.4. The highest BCUT2D eigenvalue weighted by molar-refractivity contribution is 7.13. The van der Waals surface area contributed by atoms with Crippen LogP contribution in [0.2, 0.25) is 0 Å². The van der Waals surface area contributed by atoms with E-state index in [2.05, 4.69) is 30.4 Å². The third-order valence-corrected chi connectivity index (χ3v) is 6.38. The number of hydrogen-bond acceptors (Lipinski definition) is 11. The van der Waals surface area contributed by atoms with Crippen molar-refractivity contribution in [3.05, 3.63) is 0 Å². The molecular weight excluding hydrogens is 563 g/mol. The van der Waals surface area contributed by atoms with Gasteiger partial charge in [0, 0.05) is 32.1 Å². The van der Waals surface area contributed by atoms with E-state index in [0.29, 0.717) is 26.2 Å². The molecule has 0 saturated carbocycles. The molecule has 1 fully saturated rings. The van der Waals surface area contributed by atoms with Gasteiger partial charge in [-0.25, -0.2) is 0 Å². The van der Waals surface area contributed by atoms with Gasteiger partial charge >= 0.3 is 5.97 Å². The van der Waals surface area contributed by atoms with Gasteiger partial charge in [-0.05, 0) is 19.3 Å². The molecule has 0 radical (unpaired) electrons. The minimum atomic E-state index is -0.923. The Balaban J connectivity index is 1.81. The van der Waals surface area contributed by atoms with Crippen molar-refractivity contribution in [2.24, 2.45) is 5.92 Å². The monoisotopic (exact) mass is 610 g/mol. The molecule has 6 N–H and O–H groups in total. The quantitative estimate of drug-likeness (QED) is 0.0359. The molecule has 0 aliphatic carbocycles. The number of amides is 3. The predicted octanol–water partition coefficient (Wildman–Crippen LogP) is -1.46. The molecule has 3 amide bonds. The zero-order valence-corrected chi connectivity index (χ0v) is 24.9. The van der Waals surface area contributed by atoms with Gasteiger partial charge in [0.1, 0.15) is 19.3 Å². The average Bonchev–Trinajstić information content (AvgIpc) is 3.67. The summed E-state index contributed by atoms with van der Waals surface area (Å²) in [6.07, 6.45) is 2.12. The van der Waals surface area contributed by atoms with Gasteiger partial charge < -0.3 is 49.8 Å². The molecule has 0 aromatic heterocycles. The first kappa shape index (κ1) is 37.1. The molecule has 238 valence electrons. The van der Waals surface area contributed by atoms with Crippen molar-refractivity contribution in [1.29, 1.82) is 0 Å². The first-order valence-electron chi connectivity index (χ1n) is 13.9. The number of nitrogens with one attached hydrogen (secondary N) is 4. The number of carboxylic acids is 1. The molecule has 1 aliphatic heterocycles. The molecule has 16 heteroatoms. The fraction of sp³-hybridized carbons (Fsp3) is 0.840. The highest BCUT2D eigenvalue weighted by Gasteiger charge is 2.42. The largest absolute Gasteiger partial charge is 0.481 e. The van der Waals surface area contributed by atoms with Crippen LogP contribution >= 0.6 is 9.39 Å². The summed E-state index contributed by atoms with van der Waals surface area (Å²) in [6.45, 7) is 4.14. The van der Waals surface area contributed by atoms with Crippen molar-refractivity contribution in [3.63, 3.8) is 0 Å². The van der Waals surface area contributed by atoms with Crippen LogP contribution in [-0.2, 0) is 42.9 Å². The Labute approximate surface area is 243 Å². The van der Waals surface area contributed by atoms with Crippen molar-refractivity contribution < 1.29 is 53.1 Å². The molecular formula is C25H47N4O11P. The Hall–Kier alpha value is -1.97. The van der Waals surface area contributed by atoms with Crippen LogP contribution in [0.15, 0.2) is 0 Å². The van der Waals surface area contributed by atoms with Gasteiger partial charge in [-0.1, -0.05) is 22.7 Å². The maximum absolute atomic E-state index is 11.8. The van der Waals surface area contributed by atoms with Crippen LogP contribution in [0.1, 0.15) is 39.0 Å². The van der Waals surface area contributed by atoms with Crippen molar-refractivity contribution >= 4 is 33.1 Å². The number of carbonyl (C=O) groups excluding carboxylic acids is 3. The SMILES string of the molecule is C[C@@H](CCC(=O)NCCOCCOCC(=O)NCCOCCOCC(=O)NCCCC[C@H](NP)C1OC1O)C(=O)O. The Kier molecular flexibility index (Phi) is 21.3. The molecule has 1 heterocycles. The minimum absolute atomic E-state index is 0.0540. The second-order valence-electron chi connectivity index (χ2n) is 9.42. The molecule has 1 aliphatic rings. The van der Waals surface area contributed by atoms with E-state index in [0.717, 1.165) is 19.3 Å². The molecule has 5 atom stereocenters. The van der Waals surface area contributed by atoms with Gasteiger partial charge in [0.25, 0.3) is 0 Å². The maximum Gasteiger partial charge on any atom is 0.306 e. The average molecular weight is 611 g/mol. The summed E-state index contributed by atoms with van der Waals surface area (Å²) in [4.78, 5) is 45.8. The van der Waals surface area contributed by atoms with Crippen LogP contribution in [0.5, 0.6) is 0 Å². The zero-order valence-electron chi connectivity index (χ0n) is 23.8. The number of aliphatic carboxylic acids is 1. The van der Waals surface area contributed by atoms with Crippen molar-refractivity contribution in [1.82, 2.24) is 21.0 Å². The van der Waals surface area contributed by atoms with Gasteiger partial charge in [-0.15, -0.1) is 0 Å². The number of hydrogen-bond donors (Lipinski definition) is 6. The van der Waals surface area contributed by atoms with Gasteiger partial charge in [0.2, 0.25) is 17.7 Å². The number of carboxylic acid groups (broad SMARTS) is 1. The lowest BCUT2D eigenvalue weighted by Gasteiger charge is -2.13. The van der Waals surface area contributed by atoms with Crippen molar-refractivity contribution in [2.75, 3.05) is 72.5 Å². The lowest BCUT2D eigenvalue weighted by molar-refractivity contribution is -0.141. The van der Waals surface area contributed by atoms with Crippen LogP contribution in [0.4, 0.5) is 0 Å². The van der Waals surface area contributed by atoms with Crippen LogP contribution in [0, 0.1) is 5.92 Å². The summed E-state index contributed by atoms with van der Waals surface area (Å²) in [5.41, 5.74) is 0. The summed E-state index contributed by atoms with van der Waals surface area (Å²) >= 11 is 0. The Morgan fingerprint density at radius 1 is 0.780 bits per heavy atom. The second-order valence-corrected chi connectivity index (χ2v) is 9.75. The minimum Gasteiger partial charge on any atom is -0.481 e. The number of carbonyl (C=O) groups is 4. The number of rotatable bonds is 27. The highest BCUT2D eigenvalue weighted by atomic mass is 31.0. The van der Waals surface area contributed by atoms with Crippen LogP contribution in [-0.4, -0.2) is 125 Å². The Morgan fingerprint density at radius 3 is 1.80 bits per heavy atom. The van der Waals surface area contributed by atoms with E-state index in [1.165, 1.54) is 0 Å². The van der Waals surface area contributed by atoms with E-state index < -0.39 is 18.2 Å². The number of aliphatic hydroxyl groups is 1. The fourth-order valence-electron chi connectivity index (χ4n) is 3.43. The molecule has 0 aromatic carbocycles. The molecule has 3 unspecified atom stereocenters. The van der Waals surface area contributed by atoms with E-state index in [-0.39, 0.29) is 89.0 Å². The predicted molar refractivity (Wildman–Crippen MR) is 150 cm³/mol. The lowest BCUT2D eigenvalue weighted by Crippen LogP contribution is -2.32. The molecule has 1 rings (SSSR count). The molecule has 41 heavy (non-hydrogen) atoms. The van der Waals surface area contributed by atoms with Crippen LogP contribution in [0.25, 0.3) is 0 Å². The Morgan fingerprint density at radius 2 is 1.29 bits per heavy atom. The van der Waals surface area contributed by atoms with Gasteiger partial charge in [-0.3, -0.25) is 24.3 Å². The fourth-order valence-corrected chi connectivity index (χ4v) is 3.78. The van der Waals surface area contributed by atoms with E-state index in [1.807, 2.05) is 0 Å². The zero-order chi connectivity index (χ0) is 30.3. The molecule has 0 spiro atoms. The summed E-state index contributed by atoms with van der Waals surface area (Å²) in [6, 6.07) is 0.0800. The molecule has 0 bridgehead atoms. The van der Waals surface area contributed by atoms with E-state index in [1.54, 1.807) is 6.92 Å². The number of ether oxygens (including phenoxy) is 5. The lowest BCUT2D eigenvalue weighted by atomic mass is 10.1. The summed E-state index contributed by atoms with van der Waals surface area (Å²) < 4.78 is 26.2. The third kappa shape index (κ3) is 20.5. The highest BCUT2D eigenvalue weighted by Crippen LogP contribution is 2.25. The van der Waals surface area contributed by atoms with Crippen molar-refractivity contribution in [2.45, 2.75) is 57.5 Å². The summed E-state index contributed by atoms with van der Waals surface area (Å²) in [7, 11) is 2.43. The Bertz CT molecular complexity index is 765. The molecule has 0 aromatic rings.